The molecule has 0 saturated carbocycles. The summed E-state index contributed by atoms with van der Waals surface area (Å²) >= 11 is 1.73. The maximum Gasteiger partial charge on any atom is 0.107 e. The molecule has 2 N–H and O–H groups in total. The summed E-state index contributed by atoms with van der Waals surface area (Å²) < 4.78 is 0. The number of para-hydroxylation sites is 1. The lowest BCUT2D eigenvalue weighted by Gasteiger charge is -2.11. The number of nitrogens with one attached hydrogen (secondary N) is 2. The molecular formula is C14H17N3S. The van der Waals surface area contributed by atoms with Crippen LogP contribution in [-0.4, -0.2) is 17.6 Å². The molecule has 18 heavy (non-hydrogen) atoms. The molecule has 3 rings (SSSR count). The van der Waals surface area contributed by atoms with E-state index < -0.39 is 0 Å². The van der Waals surface area contributed by atoms with Crippen molar-refractivity contribution in [3.8, 4) is 0 Å². The van der Waals surface area contributed by atoms with Crippen molar-refractivity contribution in [1.82, 2.24) is 10.3 Å². The number of fused-ring (bicyclic) bond motifs is 1. The molecule has 0 spiro atoms. The van der Waals surface area contributed by atoms with E-state index in [4.69, 9.17) is 0 Å². The number of hydrogen-bond donors (Lipinski definition) is 2. The smallest absolute Gasteiger partial charge is 0.107 e. The minimum atomic E-state index is 0.503. The first kappa shape index (κ1) is 11.7. The van der Waals surface area contributed by atoms with E-state index in [1.807, 2.05) is 6.92 Å². The Morgan fingerprint density at radius 1 is 1.44 bits per heavy atom. The largest absolute Gasteiger partial charge is 0.380 e. The Hall–Kier alpha value is -1.39. The van der Waals surface area contributed by atoms with Crippen molar-refractivity contribution in [2.24, 2.45) is 0 Å². The van der Waals surface area contributed by atoms with Crippen molar-refractivity contribution < 1.29 is 0 Å². The zero-order chi connectivity index (χ0) is 12.4. The lowest BCUT2D eigenvalue weighted by atomic mass is 10.1. The van der Waals surface area contributed by atoms with E-state index in [9.17, 15) is 0 Å². The highest BCUT2D eigenvalue weighted by atomic mass is 32.1. The summed E-state index contributed by atoms with van der Waals surface area (Å²) in [6.07, 6.45) is 1.11. The van der Waals surface area contributed by atoms with Crippen LogP contribution in [0.25, 0.3) is 0 Å². The van der Waals surface area contributed by atoms with Gasteiger partial charge >= 0.3 is 0 Å². The lowest BCUT2D eigenvalue weighted by molar-refractivity contribution is 0.613. The molecule has 1 aliphatic heterocycles. The van der Waals surface area contributed by atoms with Gasteiger partial charge in [-0.05, 0) is 25.0 Å². The zero-order valence-electron chi connectivity index (χ0n) is 10.4. The summed E-state index contributed by atoms with van der Waals surface area (Å²) in [6.45, 7) is 3.88. The minimum Gasteiger partial charge on any atom is -0.380 e. The molecule has 0 saturated heterocycles. The van der Waals surface area contributed by atoms with E-state index >= 15 is 0 Å². The predicted octanol–water partition coefficient (Wildman–Crippen LogP) is 2.58. The highest BCUT2D eigenvalue weighted by Gasteiger charge is 2.19. The second-order valence-corrected chi connectivity index (χ2v) is 5.66. The normalized spacial score (nSPS) is 17.5. The molecular weight excluding hydrogens is 242 g/mol. The topological polar surface area (TPSA) is 37.0 Å². The number of nitrogens with zero attached hydrogens (tertiary/aromatic N) is 1. The van der Waals surface area contributed by atoms with Gasteiger partial charge in [0.25, 0.3) is 0 Å². The summed E-state index contributed by atoms with van der Waals surface area (Å²) in [4.78, 5) is 4.45. The summed E-state index contributed by atoms with van der Waals surface area (Å²) in [6, 6.07) is 9.05. The minimum absolute atomic E-state index is 0.503. The van der Waals surface area contributed by atoms with Crippen LogP contribution in [0.4, 0.5) is 5.69 Å². The van der Waals surface area contributed by atoms with E-state index in [1.54, 1.807) is 11.3 Å². The number of benzene rings is 1. The fourth-order valence-corrected chi connectivity index (χ4v) is 3.08. The standard InChI is InChI=1S/C14H17N3S/c1-10-9-18-14(16-10)8-15-7-12-6-11-4-2-3-5-13(11)17-12/h2-5,9,12,15,17H,6-8H2,1H3. The van der Waals surface area contributed by atoms with Gasteiger partial charge in [-0.25, -0.2) is 4.98 Å². The molecule has 0 aliphatic carbocycles. The maximum atomic E-state index is 4.45. The van der Waals surface area contributed by atoms with Crippen LogP contribution >= 0.6 is 11.3 Å². The highest BCUT2D eigenvalue weighted by Crippen LogP contribution is 2.24. The van der Waals surface area contributed by atoms with Crippen molar-refractivity contribution in [3.63, 3.8) is 0 Å². The Labute approximate surface area is 111 Å². The van der Waals surface area contributed by atoms with Crippen LogP contribution in [-0.2, 0) is 13.0 Å². The Morgan fingerprint density at radius 3 is 3.11 bits per heavy atom. The van der Waals surface area contributed by atoms with Gasteiger partial charge < -0.3 is 10.6 Å². The fraction of sp³-hybridized carbons (Fsp3) is 0.357. The average Bonchev–Trinajstić information content (AvgIpc) is 2.95. The van der Waals surface area contributed by atoms with Crippen LogP contribution in [0.15, 0.2) is 29.6 Å². The van der Waals surface area contributed by atoms with E-state index in [0.29, 0.717) is 6.04 Å². The van der Waals surface area contributed by atoms with Crippen LogP contribution in [0.3, 0.4) is 0 Å². The van der Waals surface area contributed by atoms with E-state index in [2.05, 4.69) is 45.3 Å². The first-order valence-corrected chi connectivity index (χ1v) is 7.15. The summed E-state index contributed by atoms with van der Waals surface area (Å²) in [5.74, 6) is 0. The van der Waals surface area contributed by atoms with Crippen molar-refractivity contribution in [2.75, 3.05) is 11.9 Å². The van der Waals surface area contributed by atoms with Crippen molar-refractivity contribution in [3.05, 3.63) is 45.9 Å². The molecule has 0 fully saturated rings. The van der Waals surface area contributed by atoms with Crippen molar-refractivity contribution in [2.45, 2.75) is 25.9 Å². The van der Waals surface area contributed by atoms with Gasteiger partial charge in [0, 0.05) is 35.9 Å². The monoisotopic (exact) mass is 259 g/mol. The Bertz CT molecular complexity index is 510. The van der Waals surface area contributed by atoms with Crippen LogP contribution in [0, 0.1) is 6.92 Å². The fourth-order valence-electron chi connectivity index (χ4n) is 2.34. The third kappa shape index (κ3) is 2.54. The molecule has 2 aromatic rings. The van der Waals surface area contributed by atoms with Gasteiger partial charge in [0.15, 0.2) is 0 Å². The summed E-state index contributed by atoms with van der Waals surface area (Å²) in [7, 11) is 0. The van der Waals surface area contributed by atoms with E-state index in [0.717, 1.165) is 25.2 Å². The molecule has 1 aromatic heterocycles. The number of thiazole rings is 1. The Balaban J connectivity index is 1.48. The van der Waals surface area contributed by atoms with Gasteiger partial charge in [0.1, 0.15) is 5.01 Å². The van der Waals surface area contributed by atoms with Gasteiger partial charge in [0.2, 0.25) is 0 Å². The number of rotatable bonds is 4. The van der Waals surface area contributed by atoms with Crippen molar-refractivity contribution in [1.29, 1.82) is 0 Å². The Kier molecular flexibility index (Phi) is 3.30. The maximum absolute atomic E-state index is 4.45. The first-order chi connectivity index (χ1) is 8.81. The van der Waals surface area contributed by atoms with Gasteiger partial charge in [-0.15, -0.1) is 11.3 Å². The number of aromatic nitrogens is 1. The average molecular weight is 259 g/mol. The van der Waals surface area contributed by atoms with Gasteiger partial charge in [-0.2, -0.15) is 0 Å². The summed E-state index contributed by atoms with van der Waals surface area (Å²) in [5, 5.41) is 10.3. The van der Waals surface area contributed by atoms with E-state index in [1.165, 1.54) is 16.3 Å². The number of aryl methyl sites for hydroxylation is 1. The van der Waals surface area contributed by atoms with Gasteiger partial charge in [-0.1, -0.05) is 18.2 Å². The molecule has 0 bridgehead atoms. The predicted molar refractivity (Wildman–Crippen MR) is 76.1 cm³/mol. The highest BCUT2D eigenvalue weighted by molar-refractivity contribution is 7.09. The van der Waals surface area contributed by atoms with Gasteiger partial charge in [-0.3, -0.25) is 0 Å². The van der Waals surface area contributed by atoms with Crippen LogP contribution in [0.1, 0.15) is 16.3 Å². The van der Waals surface area contributed by atoms with Gasteiger partial charge in [0.05, 0.1) is 0 Å². The molecule has 3 nitrogen and oxygen atoms in total. The molecule has 0 radical (unpaired) electrons. The molecule has 1 aromatic carbocycles. The van der Waals surface area contributed by atoms with Crippen LogP contribution < -0.4 is 10.6 Å². The molecule has 2 heterocycles. The lowest BCUT2D eigenvalue weighted by Crippen LogP contribution is -2.30. The number of hydrogen-bond acceptors (Lipinski definition) is 4. The third-order valence-corrected chi connectivity index (χ3v) is 4.14. The molecule has 0 amide bonds. The first-order valence-electron chi connectivity index (χ1n) is 6.27. The van der Waals surface area contributed by atoms with Crippen LogP contribution in [0.2, 0.25) is 0 Å². The quantitative estimate of drug-likeness (QED) is 0.886. The summed E-state index contributed by atoms with van der Waals surface area (Å²) in [5.41, 5.74) is 3.83. The number of anilines is 1. The molecule has 4 heteroatoms. The molecule has 94 valence electrons. The molecule has 1 atom stereocenters. The molecule has 1 aliphatic rings. The van der Waals surface area contributed by atoms with Crippen LogP contribution in [0.5, 0.6) is 0 Å². The zero-order valence-corrected chi connectivity index (χ0v) is 11.3. The second-order valence-electron chi connectivity index (χ2n) is 4.72. The second kappa shape index (κ2) is 5.08. The van der Waals surface area contributed by atoms with Crippen molar-refractivity contribution >= 4 is 17.0 Å². The Morgan fingerprint density at radius 2 is 2.33 bits per heavy atom. The SMILES string of the molecule is Cc1csc(CNCC2Cc3ccccc3N2)n1. The molecule has 1 unspecified atom stereocenters. The van der Waals surface area contributed by atoms with E-state index in [-0.39, 0.29) is 0 Å². The third-order valence-electron chi connectivity index (χ3n) is 3.18.